The summed E-state index contributed by atoms with van der Waals surface area (Å²) in [5.74, 6) is 0.900. The number of amidine groups is 1. The van der Waals surface area contributed by atoms with Crippen LogP contribution in [0, 0.1) is 0 Å². The highest BCUT2D eigenvalue weighted by molar-refractivity contribution is 6.00. The van der Waals surface area contributed by atoms with Crippen LogP contribution >= 0.6 is 0 Å². The Morgan fingerprint density at radius 2 is 1.36 bits per heavy atom. The molecule has 6 aromatic rings. The Morgan fingerprint density at radius 3 is 2.16 bits per heavy atom. The van der Waals surface area contributed by atoms with Crippen molar-refractivity contribution in [2.45, 2.75) is 12.3 Å². The summed E-state index contributed by atoms with van der Waals surface area (Å²) >= 11 is 0. The zero-order valence-corrected chi connectivity index (χ0v) is 25.2. The van der Waals surface area contributed by atoms with Crippen LogP contribution in [-0.2, 0) is 0 Å². The second-order valence-corrected chi connectivity index (χ2v) is 11.7. The van der Waals surface area contributed by atoms with Crippen molar-refractivity contribution in [3.05, 3.63) is 168 Å². The maximum Gasteiger partial charge on any atom is 0.132 e. The molecule has 2 aliphatic rings. The lowest BCUT2D eigenvalue weighted by Gasteiger charge is -2.40. The summed E-state index contributed by atoms with van der Waals surface area (Å²) in [5, 5.41) is 9.82. The smallest absolute Gasteiger partial charge is 0.132 e. The van der Waals surface area contributed by atoms with Gasteiger partial charge in [-0.3, -0.25) is 4.90 Å². The van der Waals surface area contributed by atoms with Crippen LogP contribution in [0.1, 0.15) is 34.6 Å². The first-order valence-electron chi connectivity index (χ1n) is 15.6. The first-order valence-corrected chi connectivity index (χ1v) is 15.6. The van der Waals surface area contributed by atoms with Crippen LogP contribution in [-0.4, -0.2) is 24.3 Å². The maximum atomic E-state index is 5.26. The van der Waals surface area contributed by atoms with E-state index in [4.69, 9.17) is 4.99 Å². The van der Waals surface area contributed by atoms with E-state index in [9.17, 15) is 0 Å². The lowest BCUT2D eigenvalue weighted by Crippen LogP contribution is -2.46. The number of nitrogens with one attached hydrogen (secondary N) is 2. The Kier molecular flexibility index (Phi) is 6.97. The van der Waals surface area contributed by atoms with Crippen molar-refractivity contribution in [1.82, 2.24) is 10.2 Å². The van der Waals surface area contributed by atoms with Crippen LogP contribution in [0.15, 0.2) is 151 Å². The average Bonchev–Trinajstić information content (AvgIpc) is 3.12. The van der Waals surface area contributed by atoms with Gasteiger partial charge in [-0.1, -0.05) is 146 Å². The fraction of sp³-hybridized carbons (Fsp3) is 0.0976. The van der Waals surface area contributed by atoms with Crippen molar-refractivity contribution in [3.8, 4) is 22.3 Å². The minimum absolute atomic E-state index is 0.124. The molecule has 0 saturated heterocycles. The summed E-state index contributed by atoms with van der Waals surface area (Å²) in [6.07, 6.45) is 4.15. The molecule has 8 rings (SSSR count). The molecule has 45 heavy (non-hydrogen) atoms. The Balaban J connectivity index is 1.27. The van der Waals surface area contributed by atoms with Gasteiger partial charge in [0.25, 0.3) is 0 Å². The highest BCUT2D eigenvalue weighted by Crippen LogP contribution is 2.41. The van der Waals surface area contributed by atoms with Gasteiger partial charge in [0.15, 0.2) is 0 Å². The van der Waals surface area contributed by atoms with E-state index in [0.29, 0.717) is 0 Å². The largest absolute Gasteiger partial charge is 0.381 e. The molecular formula is C41H34N4. The number of benzene rings is 6. The summed E-state index contributed by atoms with van der Waals surface area (Å²) in [7, 11) is 2.18. The van der Waals surface area contributed by atoms with Gasteiger partial charge in [-0.15, -0.1) is 0 Å². The molecule has 2 unspecified atom stereocenters. The number of fused-ring (bicyclic) bond motifs is 2. The van der Waals surface area contributed by atoms with Crippen LogP contribution in [0.3, 0.4) is 0 Å². The molecule has 0 spiro atoms. The van der Waals surface area contributed by atoms with E-state index in [0.717, 1.165) is 17.9 Å². The molecule has 4 heteroatoms. The highest BCUT2D eigenvalue weighted by Gasteiger charge is 2.33. The fourth-order valence-corrected chi connectivity index (χ4v) is 6.76. The van der Waals surface area contributed by atoms with E-state index in [1.807, 2.05) is 0 Å². The first-order chi connectivity index (χ1) is 22.2. The van der Waals surface area contributed by atoms with Crippen molar-refractivity contribution < 1.29 is 0 Å². The Hall–Kier alpha value is -5.45. The zero-order chi connectivity index (χ0) is 30.2. The van der Waals surface area contributed by atoms with Gasteiger partial charge in [-0.25, -0.2) is 4.99 Å². The standard InChI is InChI=1S/C41H34N4/c1-45-40(32-15-6-3-7-16-32)43-39(31-13-4-2-5-14-31)44-41(45)38-34-17-9-8-12-28(34)25-26-35(38)30-23-21-29(22-24-30)33-18-10-20-37-36(33)19-11-27-42-37/h2-26,40-42H,27H2,1H3,(H,43,44). The summed E-state index contributed by atoms with van der Waals surface area (Å²) in [5.41, 5.74) is 10.8. The monoisotopic (exact) mass is 582 g/mol. The van der Waals surface area contributed by atoms with Gasteiger partial charge in [-0.2, -0.15) is 0 Å². The summed E-state index contributed by atoms with van der Waals surface area (Å²) in [6, 6.07) is 49.9. The molecular weight excluding hydrogens is 548 g/mol. The predicted octanol–water partition coefficient (Wildman–Crippen LogP) is 9.29. The third-order valence-electron chi connectivity index (χ3n) is 9.01. The zero-order valence-electron chi connectivity index (χ0n) is 25.2. The van der Waals surface area contributed by atoms with Gasteiger partial charge >= 0.3 is 0 Å². The molecule has 2 N–H and O–H groups in total. The third-order valence-corrected chi connectivity index (χ3v) is 9.01. The maximum absolute atomic E-state index is 5.26. The number of nitrogens with zero attached hydrogens (tertiary/aromatic N) is 2. The Bertz CT molecular complexity index is 2050. The van der Waals surface area contributed by atoms with Crippen LogP contribution in [0.2, 0.25) is 0 Å². The molecule has 4 nitrogen and oxygen atoms in total. The van der Waals surface area contributed by atoms with Crippen LogP contribution in [0.25, 0.3) is 39.1 Å². The minimum Gasteiger partial charge on any atom is -0.381 e. The molecule has 218 valence electrons. The molecule has 0 radical (unpaired) electrons. The number of anilines is 1. The first kappa shape index (κ1) is 27.1. The fourth-order valence-electron chi connectivity index (χ4n) is 6.76. The molecule has 0 bridgehead atoms. The summed E-state index contributed by atoms with van der Waals surface area (Å²) < 4.78 is 0. The molecule has 0 saturated carbocycles. The van der Waals surface area contributed by atoms with Crippen molar-refractivity contribution in [1.29, 1.82) is 0 Å². The van der Waals surface area contributed by atoms with Gasteiger partial charge in [-0.05, 0) is 51.7 Å². The van der Waals surface area contributed by atoms with E-state index in [-0.39, 0.29) is 12.3 Å². The average molecular weight is 583 g/mol. The van der Waals surface area contributed by atoms with Gasteiger partial charge in [0, 0.05) is 28.9 Å². The molecule has 0 aromatic heterocycles. The normalized spacial score (nSPS) is 17.7. The molecule has 2 aliphatic heterocycles. The van der Waals surface area contributed by atoms with Crippen LogP contribution in [0.4, 0.5) is 5.69 Å². The van der Waals surface area contributed by atoms with E-state index >= 15 is 0 Å². The quantitative estimate of drug-likeness (QED) is 0.213. The number of hydrogen-bond donors (Lipinski definition) is 2. The minimum atomic E-state index is -0.146. The highest BCUT2D eigenvalue weighted by atomic mass is 15.4. The van der Waals surface area contributed by atoms with E-state index in [1.54, 1.807) is 0 Å². The van der Waals surface area contributed by atoms with Crippen molar-refractivity contribution in [2.75, 3.05) is 18.9 Å². The van der Waals surface area contributed by atoms with Crippen molar-refractivity contribution >= 4 is 28.4 Å². The number of rotatable bonds is 5. The van der Waals surface area contributed by atoms with Gasteiger partial charge in [0.2, 0.25) is 0 Å². The SMILES string of the molecule is CN1C(c2ccccc2)N=C(c2ccccc2)NC1c1c(-c2ccc(-c3cccc4c3C=CCN4)cc2)ccc2ccccc12. The van der Waals surface area contributed by atoms with Crippen LogP contribution < -0.4 is 10.6 Å². The second kappa shape index (κ2) is 11.6. The van der Waals surface area contributed by atoms with E-state index < -0.39 is 0 Å². The Morgan fingerprint density at radius 1 is 0.644 bits per heavy atom. The van der Waals surface area contributed by atoms with E-state index in [2.05, 4.69) is 174 Å². The van der Waals surface area contributed by atoms with Gasteiger partial charge < -0.3 is 10.6 Å². The summed E-state index contributed by atoms with van der Waals surface area (Å²) in [6.45, 7) is 0.867. The molecule has 2 atom stereocenters. The lowest BCUT2D eigenvalue weighted by molar-refractivity contribution is 0.153. The molecule has 6 aromatic carbocycles. The Labute approximate surface area is 264 Å². The number of aliphatic imine (C=N–C) groups is 1. The number of hydrogen-bond acceptors (Lipinski definition) is 4. The lowest BCUT2D eigenvalue weighted by atomic mass is 9.89. The molecule has 0 aliphatic carbocycles. The predicted molar refractivity (Wildman–Crippen MR) is 188 cm³/mol. The van der Waals surface area contributed by atoms with Crippen molar-refractivity contribution in [3.63, 3.8) is 0 Å². The van der Waals surface area contributed by atoms with Gasteiger partial charge in [0.1, 0.15) is 18.2 Å². The molecule has 0 fully saturated rings. The third kappa shape index (κ3) is 4.99. The summed E-state index contributed by atoms with van der Waals surface area (Å²) in [4.78, 5) is 7.62. The molecule has 2 heterocycles. The topological polar surface area (TPSA) is 39.7 Å². The van der Waals surface area contributed by atoms with Crippen LogP contribution in [0.5, 0.6) is 0 Å². The van der Waals surface area contributed by atoms with E-state index in [1.165, 1.54) is 55.4 Å². The second-order valence-electron chi connectivity index (χ2n) is 11.7. The van der Waals surface area contributed by atoms with Gasteiger partial charge in [0.05, 0.1) is 0 Å². The molecule has 0 amide bonds. The van der Waals surface area contributed by atoms with Crippen molar-refractivity contribution in [2.24, 2.45) is 4.99 Å².